The number of hydrogen-bond acceptors (Lipinski definition) is 5. The molecule has 0 spiro atoms. The van der Waals surface area contributed by atoms with Crippen LogP contribution in [-0.4, -0.2) is 15.5 Å². The Kier molecular flexibility index (Phi) is 4.33. The first-order valence-corrected chi connectivity index (χ1v) is 7.72. The Balaban J connectivity index is 1.88. The molecule has 0 aliphatic heterocycles. The van der Waals surface area contributed by atoms with E-state index in [-0.39, 0.29) is 11.6 Å². The number of anilines is 1. The number of nitrogens with one attached hydrogen (secondary N) is 1. The Morgan fingerprint density at radius 3 is 2.74 bits per heavy atom. The van der Waals surface area contributed by atoms with Crippen LogP contribution in [0.1, 0.15) is 16.1 Å². The average molecular weight is 341 g/mol. The van der Waals surface area contributed by atoms with Crippen molar-refractivity contribution >= 4 is 34.7 Å². The normalized spacial score (nSPS) is 10.1. The largest absolute Gasteiger partial charge is 0.321 e. The van der Waals surface area contributed by atoms with E-state index in [2.05, 4.69) is 14.9 Å². The highest BCUT2D eigenvalue weighted by molar-refractivity contribution is 7.09. The molecule has 1 aromatic heterocycles. The van der Waals surface area contributed by atoms with E-state index in [9.17, 15) is 4.79 Å². The van der Waals surface area contributed by atoms with E-state index in [4.69, 9.17) is 16.9 Å². The highest BCUT2D eigenvalue weighted by Gasteiger charge is 2.18. The molecular formula is C16H9ClN4OS. The molecule has 0 unspecified atom stereocenters. The molecule has 0 saturated carbocycles. The van der Waals surface area contributed by atoms with E-state index in [0.29, 0.717) is 21.2 Å². The lowest BCUT2D eigenvalue weighted by molar-refractivity contribution is 0.102. The lowest BCUT2D eigenvalue weighted by atomic mass is 10.1. The van der Waals surface area contributed by atoms with Crippen LogP contribution in [0.5, 0.6) is 0 Å². The number of hydrogen-bond donors (Lipinski definition) is 1. The Bertz CT molecular complexity index is 899. The molecule has 7 heteroatoms. The monoisotopic (exact) mass is 340 g/mol. The molecule has 2 aromatic carbocycles. The molecule has 3 aromatic rings. The fourth-order valence-electron chi connectivity index (χ4n) is 1.99. The van der Waals surface area contributed by atoms with Crippen LogP contribution in [-0.2, 0) is 0 Å². The second kappa shape index (κ2) is 6.57. The third kappa shape index (κ3) is 3.37. The first-order chi connectivity index (χ1) is 11.2. The standard InChI is InChI=1S/C16H9ClN4OS/c17-12-6-4-11(5-7-12)15-14(20-21-23-15)16(22)19-13-3-1-2-10(8-13)9-18/h1-8H,(H,19,22). The summed E-state index contributed by atoms with van der Waals surface area (Å²) in [5.41, 5.74) is 2.06. The fraction of sp³-hybridized carbons (Fsp3) is 0. The Labute approximate surface area is 141 Å². The van der Waals surface area contributed by atoms with Crippen molar-refractivity contribution in [3.8, 4) is 16.5 Å². The summed E-state index contributed by atoms with van der Waals surface area (Å²) >= 11 is 7.02. The predicted octanol–water partition coefficient (Wildman–Crippen LogP) is 3.98. The van der Waals surface area contributed by atoms with Crippen molar-refractivity contribution in [1.29, 1.82) is 5.26 Å². The average Bonchev–Trinajstić information content (AvgIpc) is 3.05. The third-order valence-electron chi connectivity index (χ3n) is 3.06. The zero-order chi connectivity index (χ0) is 16.2. The van der Waals surface area contributed by atoms with Crippen molar-refractivity contribution in [1.82, 2.24) is 9.59 Å². The highest BCUT2D eigenvalue weighted by atomic mass is 35.5. The molecular weight excluding hydrogens is 332 g/mol. The van der Waals surface area contributed by atoms with Crippen LogP contribution in [0.4, 0.5) is 5.69 Å². The summed E-state index contributed by atoms with van der Waals surface area (Å²) in [7, 11) is 0. The van der Waals surface area contributed by atoms with Gasteiger partial charge in [0.05, 0.1) is 16.5 Å². The summed E-state index contributed by atoms with van der Waals surface area (Å²) in [4.78, 5) is 13.1. The molecule has 1 amide bonds. The summed E-state index contributed by atoms with van der Waals surface area (Å²) in [5.74, 6) is -0.376. The van der Waals surface area contributed by atoms with E-state index in [1.807, 2.05) is 18.2 Å². The first-order valence-electron chi connectivity index (χ1n) is 6.57. The van der Waals surface area contributed by atoms with Gasteiger partial charge in [0.15, 0.2) is 5.69 Å². The summed E-state index contributed by atoms with van der Waals surface area (Å²) in [6.45, 7) is 0. The number of nitriles is 1. The van der Waals surface area contributed by atoms with Gasteiger partial charge in [0.2, 0.25) is 0 Å². The molecule has 0 saturated heterocycles. The van der Waals surface area contributed by atoms with Crippen LogP contribution in [0.25, 0.3) is 10.4 Å². The second-order valence-electron chi connectivity index (χ2n) is 4.60. The van der Waals surface area contributed by atoms with E-state index in [1.165, 1.54) is 0 Å². The second-order valence-corrected chi connectivity index (χ2v) is 5.79. The van der Waals surface area contributed by atoms with Crippen molar-refractivity contribution in [2.24, 2.45) is 0 Å². The third-order valence-corrected chi connectivity index (χ3v) is 4.09. The summed E-state index contributed by atoms with van der Waals surface area (Å²) in [5, 5.41) is 16.2. The zero-order valence-corrected chi connectivity index (χ0v) is 13.2. The number of benzene rings is 2. The maximum absolute atomic E-state index is 12.4. The highest BCUT2D eigenvalue weighted by Crippen LogP contribution is 2.27. The van der Waals surface area contributed by atoms with Gasteiger partial charge in [-0.1, -0.05) is 34.3 Å². The number of carbonyl (C=O) groups is 1. The molecule has 1 N–H and O–H groups in total. The SMILES string of the molecule is N#Cc1cccc(NC(=O)c2nnsc2-c2ccc(Cl)cc2)c1. The lowest BCUT2D eigenvalue weighted by Crippen LogP contribution is -2.13. The number of carbonyl (C=O) groups excluding carboxylic acids is 1. The number of rotatable bonds is 3. The summed E-state index contributed by atoms with van der Waals surface area (Å²) in [6, 6.07) is 15.8. The molecule has 0 fully saturated rings. The molecule has 3 rings (SSSR count). The topological polar surface area (TPSA) is 78.7 Å². The van der Waals surface area contributed by atoms with Crippen molar-refractivity contribution in [2.75, 3.05) is 5.32 Å². The first kappa shape index (κ1) is 15.2. The van der Waals surface area contributed by atoms with E-state index >= 15 is 0 Å². The number of nitrogens with zero attached hydrogens (tertiary/aromatic N) is 3. The summed E-state index contributed by atoms with van der Waals surface area (Å²) in [6.07, 6.45) is 0. The van der Waals surface area contributed by atoms with Gasteiger partial charge in [-0.2, -0.15) is 5.26 Å². The minimum Gasteiger partial charge on any atom is -0.321 e. The van der Waals surface area contributed by atoms with E-state index in [0.717, 1.165) is 17.1 Å². The van der Waals surface area contributed by atoms with Crippen LogP contribution in [0.3, 0.4) is 0 Å². The molecule has 0 radical (unpaired) electrons. The van der Waals surface area contributed by atoms with Crippen molar-refractivity contribution in [3.63, 3.8) is 0 Å². The Morgan fingerprint density at radius 1 is 1.22 bits per heavy atom. The van der Waals surface area contributed by atoms with Gasteiger partial charge in [0.25, 0.3) is 5.91 Å². The van der Waals surface area contributed by atoms with Crippen molar-refractivity contribution in [2.45, 2.75) is 0 Å². The maximum Gasteiger partial charge on any atom is 0.277 e. The van der Waals surface area contributed by atoms with Gasteiger partial charge >= 0.3 is 0 Å². The maximum atomic E-state index is 12.4. The van der Waals surface area contributed by atoms with Gasteiger partial charge in [0, 0.05) is 10.7 Å². The lowest BCUT2D eigenvalue weighted by Gasteiger charge is -2.05. The predicted molar refractivity (Wildman–Crippen MR) is 89.5 cm³/mol. The minimum atomic E-state index is -0.376. The minimum absolute atomic E-state index is 0.236. The van der Waals surface area contributed by atoms with Gasteiger partial charge in [-0.25, -0.2) is 0 Å². The molecule has 0 aliphatic rings. The van der Waals surface area contributed by atoms with Gasteiger partial charge in [0.1, 0.15) is 0 Å². The van der Waals surface area contributed by atoms with Crippen LogP contribution < -0.4 is 5.32 Å². The van der Waals surface area contributed by atoms with E-state index < -0.39 is 0 Å². The summed E-state index contributed by atoms with van der Waals surface area (Å²) < 4.78 is 3.86. The molecule has 0 atom stereocenters. The fourth-order valence-corrected chi connectivity index (χ4v) is 2.78. The van der Waals surface area contributed by atoms with Gasteiger partial charge < -0.3 is 5.32 Å². The molecule has 0 aliphatic carbocycles. The molecule has 1 heterocycles. The van der Waals surface area contributed by atoms with Gasteiger partial charge in [-0.15, -0.1) is 5.10 Å². The van der Waals surface area contributed by atoms with Gasteiger partial charge in [-0.3, -0.25) is 4.79 Å². The Hall–Kier alpha value is -2.75. The molecule has 23 heavy (non-hydrogen) atoms. The van der Waals surface area contributed by atoms with E-state index in [1.54, 1.807) is 36.4 Å². The Morgan fingerprint density at radius 2 is 2.00 bits per heavy atom. The quantitative estimate of drug-likeness (QED) is 0.782. The van der Waals surface area contributed by atoms with Crippen molar-refractivity contribution < 1.29 is 4.79 Å². The van der Waals surface area contributed by atoms with Crippen LogP contribution >= 0.6 is 23.1 Å². The van der Waals surface area contributed by atoms with Crippen LogP contribution in [0, 0.1) is 11.3 Å². The number of amides is 1. The smallest absolute Gasteiger partial charge is 0.277 e. The number of halogens is 1. The van der Waals surface area contributed by atoms with Crippen LogP contribution in [0.15, 0.2) is 48.5 Å². The molecule has 5 nitrogen and oxygen atoms in total. The number of aromatic nitrogens is 2. The molecule has 0 bridgehead atoms. The van der Waals surface area contributed by atoms with Gasteiger partial charge in [-0.05, 0) is 47.4 Å². The molecule has 112 valence electrons. The zero-order valence-electron chi connectivity index (χ0n) is 11.7. The van der Waals surface area contributed by atoms with Crippen LogP contribution in [0.2, 0.25) is 5.02 Å². The van der Waals surface area contributed by atoms with Crippen molar-refractivity contribution in [3.05, 3.63) is 64.8 Å².